The lowest BCUT2D eigenvalue weighted by Gasteiger charge is -2.43. The van der Waals surface area contributed by atoms with Crippen LogP contribution in [0.5, 0.6) is 0 Å². The first kappa shape index (κ1) is 31.3. The second-order valence-corrected chi connectivity index (χ2v) is 19.4. The zero-order valence-corrected chi connectivity index (χ0v) is 26.5. The number of rotatable bonds is 7. The van der Waals surface area contributed by atoms with E-state index in [0.29, 0.717) is 5.41 Å². The smallest absolute Gasteiger partial charge is 0.332 e. The van der Waals surface area contributed by atoms with E-state index in [1.54, 1.807) is 6.07 Å². The van der Waals surface area contributed by atoms with Crippen LogP contribution in [0.4, 0.5) is 0 Å². The van der Waals surface area contributed by atoms with Gasteiger partial charge in [0.05, 0.1) is 22.6 Å². The van der Waals surface area contributed by atoms with Gasteiger partial charge in [-0.1, -0.05) is 39.0 Å². The topological polar surface area (TPSA) is 175 Å². The van der Waals surface area contributed by atoms with Gasteiger partial charge in [0, 0.05) is 18.8 Å². The molecule has 0 radical (unpaired) electrons. The lowest BCUT2D eigenvalue weighted by molar-refractivity contribution is -0.0536. The first-order valence-corrected chi connectivity index (χ1v) is 18.5. The highest BCUT2D eigenvalue weighted by Crippen LogP contribution is 2.51. The fraction of sp³-hybridized carbons (Fsp3) is 0.520. The molecule has 0 bridgehead atoms. The highest BCUT2D eigenvalue weighted by Gasteiger charge is 2.67. The van der Waals surface area contributed by atoms with Crippen molar-refractivity contribution in [2.45, 2.75) is 74.8 Å². The van der Waals surface area contributed by atoms with Gasteiger partial charge in [-0.05, 0) is 37.2 Å². The molecular weight excluding hydrogens is 595 g/mol. The van der Waals surface area contributed by atoms with Gasteiger partial charge < -0.3 is 14.9 Å². The van der Waals surface area contributed by atoms with Crippen LogP contribution in [-0.2, 0) is 44.8 Å². The van der Waals surface area contributed by atoms with Crippen molar-refractivity contribution in [3.8, 4) is 0 Å². The van der Waals surface area contributed by atoms with Crippen molar-refractivity contribution < 1.29 is 34.4 Å². The molecule has 1 fully saturated rings. The Hall–Kier alpha value is -2.60. The van der Waals surface area contributed by atoms with E-state index in [9.17, 15) is 26.4 Å². The molecule has 4 atom stereocenters. The molecule has 0 saturated carbocycles. The van der Waals surface area contributed by atoms with Gasteiger partial charge >= 0.3 is 5.69 Å². The van der Waals surface area contributed by atoms with Gasteiger partial charge in [0.25, 0.3) is 25.8 Å². The number of benzene rings is 1. The van der Waals surface area contributed by atoms with Crippen molar-refractivity contribution in [1.29, 1.82) is 0 Å². The number of nitrogens with two attached hydrogens (primary N) is 1. The Morgan fingerprint density at radius 3 is 2.29 bits per heavy atom. The molecule has 1 aromatic carbocycles. The monoisotopic (exact) mass is 629 g/mol. The van der Waals surface area contributed by atoms with E-state index in [0.717, 1.165) is 9.13 Å². The summed E-state index contributed by atoms with van der Waals surface area (Å²) in [7, 11) is -10.2. The van der Waals surface area contributed by atoms with E-state index in [2.05, 4.69) is 0 Å². The molecule has 41 heavy (non-hydrogen) atoms. The van der Waals surface area contributed by atoms with Gasteiger partial charge in [-0.15, -0.1) is 0 Å². The number of hydrogen-bond donors (Lipinski definition) is 1. The Kier molecular flexibility index (Phi) is 7.86. The minimum atomic E-state index is -4.37. The third-order valence-corrected chi connectivity index (χ3v) is 14.6. The fourth-order valence-electron chi connectivity index (χ4n) is 4.55. The maximum atomic E-state index is 13.3. The molecule has 13 nitrogen and oxygen atoms in total. The number of aryl methyl sites for hydroxylation is 1. The van der Waals surface area contributed by atoms with Crippen molar-refractivity contribution >= 4 is 28.6 Å². The maximum Gasteiger partial charge on any atom is 0.332 e. The van der Waals surface area contributed by atoms with E-state index in [4.69, 9.17) is 23.3 Å². The normalized spacial score (nSPS) is 26.4. The van der Waals surface area contributed by atoms with Crippen LogP contribution in [0.1, 0.15) is 32.6 Å². The van der Waals surface area contributed by atoms with Crippen molar-refractivity contribution in [3.63, 3.8) is 0 Å². The van der Waals surface area contributed by atoms with Crippen LogP contribution in [-0.4, -0.2) is 58.7 Å². The zero-order chi connectivity index (χ0) is 30.8. The molecule has 16 heteroatoms. The highest BCUT2D eigenvalue weighted by molar-refractivity contribution is 7.90. The van der Waals surface area contributed by atoms with Crippen LogP contribution < -0.4 is 17.0 Å². The SMILES string of the molecule is Cc1cn([C@@H]2OC(COS(=O)(=O)c3ccccc3)C3(OS(=O)(=O)C=C3N)[C@H]2O[Si](C)(C)C(C)(C)C)c(=O)n(C)c1=O. The number of hydrogen-bond acceptors (Lipinski definition) is 11. The molecular formula is C25H35N3O10S2Si. The largest absolute Gasteiger partial charge is 0.406 e. The van der Waals surface area contributed by atoms with Crippen LogP contribution in [0.15, 0.2) is 62.1 Å². The minimum absolute atomic E-state index is 0.133. The van der Waals surface area contributed by atoms with E-state index < -0.39 is 75.5 Å². The summed E-state index contributed by atoms with van der Waals surface area (Å²) in [6.45, 7) is 10.4. The predicted molar refractivity (Wildman–Crippen MR) is 151 cm³/mol. The molecule has 2 aliphatic heterocycles. The van der Waals surface area contributed by atoms with Gasteiger partial charge in [-0.25, -0.2) is 8.98 Å². The lowest BCUT2D eigenvalue weighted by atomic mass is 9.89. The average molecular weight is 630 g/mol. The van der Waals surface area contributed by atoms with E-state index in [1.165, 1.54) is 44.4 Å². The van der Waals surface area contributed by atoms with Crippen molar-refractivity contribution in [3.05, 3.63) is 74.0 Å². The Bertz CT molecular complexity index is 1710. The lowest BCUT2D eigenvalue weighted by Crippen LogP contribution is -2.59. The molecule has 2 unspecified atom stereocenters. The quantitative estimate of drug-likeness (QED) is 0.347. The van der Waals surface area contributed by atoms with Crippen molar-refractivity contribution in [1.82, 2.24) is 9.13 Å². The van der Waals surface area contributed by atoms with Gasteiger partial charge in [0.1, 0.15) is 12.2 Å². The highest BCUT2D eigenvalue weighted by atomic mass is 32.2. The third-order valence-electron chi connectivity index (χ3n) is 7.83. The molecule has 2 aliphatic rings. The predicted octanol–water partition coefficient (Wildman–Crippen LogP) is 1.45. The van der Waals surface area contributed by atoms with Crippen molar-refractivity contribution in [2.24, 2.45) is 12.8 Å². The molecule has 0 amide bonds. The second kappa shape index (κ2) is 10.3. The summed E-state index contributed by atoms with van der Waals surface area (Å²) in [6, 6.07) is 7.35. The number of ether oxygens (including phenoxy) is 1. The van der Waals surface area contributed by atoms with Gasteiger partial charge in [0.15, 0.2) is 20.1 Å². The first-order valence-electron chi connectivity index (χ1n) is 12.7. The molecule has 1 spiro atoms. The first-order chi connectivity index (χ1) is 18.7. The van der Waals surface area contributed by atoms with Crippen LogP contribution in [0, 0.1) is 6.92 Å². The summed E-state index contributed by atoms with van der Waals surface area (Å²) in [6.07, 6.45) is -2.94. The average Bonchev–Trinajstić information content (AvgIpc) is 3.29. The van der Waals surface area contributed by atoms with E-state index in [1.807, 2.05) is 33.9 Å². The van der Waals surface area contributed by atoms with Gasteiger partial charge in [0.2, 0.25) is 0 Å². The Labute approximate surface area is 239 Å². The summed E-state index contributed by atoms with van der Waals surface area (Å²) >= 11 is 0. The number of nitrogens with zero attached hydrogens (tertiary/aromatic N) is 2. The van der Waals surface area contributed by atoms with Crippen molar-refractivity contribution in [2.75, 3.05) is 6.61 Å². The third kappa shape index (κ3) is 5.49. The van der Waals surface area contributed by atoms with E-state index in [-0.39, 0.29) is 16.2 Å². The molecule has 4 rings (SSSR count). The minimum Gasteiger partial charge on any atom is -0.406 e. The fourth-order valence-corrected chi connectivity index (χ4v) is 7.98. The van der Waals surface area contributed by atoms with Crippen LogP contribution in [0.25, 0.3) is 0 Å². The standard InChI is InChI=1S/C25H35N3O10S2Si/c1-16-13-28(23(30)27(5)21(16)29)22-20(37-41(6,7)24(2,3)4)25(18(26)15-39(31,32)38-25)19(36-22)14-35-40(33,34)17-11-9-8-10-12-17/h8-13,15,19-20,22H,14,26H2,1-7H3/t19?,20-,22+,25?/m0/s1. The molecule has 226 valence electrons. The summed E-state index contributed by atoms with van der Waals surface area (Å²) in [5.74, 6) is 0. The summed E-state index contributed by atoms with van der Waals surface area (Å²) in [4.78, 5) is 25.7. The Balaban J connectivity index is 1.90. The van der Waals surface area contributed by atoms with Gasteiger partial charge in [-0.3, -0.25) is 18.1 Å². The second-order valence-electron chi connectivity index (χ2n) is 11.7. The maximum absolute atomic E-state index is 13.3. The molecule has 1 aromatic heterocycles. The zero-order valence-electron chi connectivity index (χ0n) is 23.9. The van der Waals surface area contributed by atoms with Crippen LogP contribution in [0.2, 0.25) is 18.1 Å². The Morgan fingerprint density at radius 1 is 1.15 bits per heavy atom. The van der Waals surface area contributed by atoms with Gasteiger partial charge in [-0.2, -0.15) is 16.8 Å². The molecule has 0 aliphatic carbocycles. The summed E-state index contributed by atoms with van der Waals surface area (Å²) in [5, 5.41) is 0.318. The van der Waals surface area contributed by atoms with E-state index >= 15 is 0 Å². The summed E-state index contributed by atoms with van der Waals surface area (Å²) in [5.41, 5.74) is 2.84. The molecule has 3 heterocycles. The van der Waals surface area contributed by atoms with Crippen LogP contribution in [0.3, 0.4) is 0 Å². The Morgan fingerprint density at radius 2 is 1.76 bits per heavy atom. The van der Waals surface area contributed by atoms with Crippen LogP contribution >= 0.6 is 0 Å². The summed E-state index contributed by atoms with van der Waals surface area (Å²) < 4.78 is 77.4. The number of aromatic nitrogens is 2. The molecule has 2 N–H and O–H groups in total. The molecule has 1 saturated heterocycles. The molecule has 2 aromatic rings.